The molecule has 2 aromatic rings. The van der Waals surface area contributed by atoms with E-state index in [0.29, 0.717) is 22.5 Å². The lowest BCUT2D eigenvalue weighted by Gasteiger charge is -2.10. The molecule has 6 nitrogen and oxygen atoms in total. The van der Waals surface area contributed by atoms with E-state index in [1.165, 1.54) is 12.1 Å². The molecule has 0 unspecified atom stereocenters. The molecule has 2 aromatic carbocycles. The van der Waals surface area contributed by atoms with Crippen molar-refractivity contribution in [3.63, 3.8) is 0 Å². The Kier molecular flexibility index (Phi) is 3.89. The van der Waals surface area contributed by atoms with Crippen LogP contribution in [0.15, 0.2) is 36.4 Å². The lowest BCUT2D eigenvalue weighted by atomic mass is 10.1. The van der Waals surface area contributed by atoms with E-state index >= 15 is 0 Å². The van der Waals surface area contributed by atoms with Crippen molar-refractivity contribution < 1.29 is 9.72 Å². The van der Waals surface area contributed by atoms with Crippen LogP contribution in [-0.4, -0.2) is 10.8 Å². The van der Waals surface area contributed by atoms with Crippen molar-refractivity contribution in [2.45, 2.75) is 13.8 Å². The molecule has 3 N–H and O–H groups in total. The molecule has 0 aliphatic heterocycles. The fraction of sp³-hybridized carbons (Fsp3) is 0.133. The number of nitro groups is 1. The molecule has 0 aliphatic rings. The smallest absolute Gasteiger partial charge is 0.274 e. The Balaban J connectivity index is 2.32. The summed E-state index contributed by atoms with van der Waals surface area (Å²) in [6.07, 6.45) is 0. The maximum Gasteiger partial charge on any atom is 0.274 e. The number of carbonyl (C=O) groups is 1. The summed E-state index contributed by atoms with van der Waals surface area (Å²) in [6, 6.07) is 9.66. The SMILES string of the molecule is Cc1ccc(C(=O)Nc2cccc([N+](=O)[O-])c2C)c(N)c1. The first-order chi connectivity index (χ1) is 9.90. The summed E-state index contributed by atoms with van der Waals surface area (Å²) in [5.41, 5.74) is 8.25. The number of nitro benzene ring substituents is 1. The maximum atomic E-state index is 12.2. The fourth-order valence-corrected chi connectivity index (χ4v) is 2.04. The lowest BCUT2D eigenvalue weighted by molar-refractivity contribution is -0.385. The van der Waals surface area contributed by atoms with Crippen LogP contribution in [0.2, 0.25) is 0 Å². The summed E-state index contributed by atoms with van der Waals surface area (Å²) in [4.78, 5) is 22.6. The van der Waals surface area contributed by atoms with Gasteiger partial charge in [-0.15, -0.1) is 0 Å². The quantitative estimate of drug-likeness (QED) is 0.514. The zero-order valence-electron chi connectivity index (χ0n) is 11.7. The summed E-state index contributed by atoms with van der Waals surface area (Å²) in [5, 5.41) is 13.6. The molecule has 108 valence electrons. The molecule has 6 heteroatoms. The molecule has 0 spiro atoms. The van der Waals surface area contributed by atoms with Crippen LogP contribution in [-0.2, 0) is 0 Å². The van der Waals surface area contributed by atoms with Crippen LogP contribution in [0.25, 0.3) is 0 Å². The highest BCUT2D eigenvalue weighted by Gasteiger charge is 2.16. The first kappa shape index (κ1) is 14.5. The number of anilines is 2. The first-order valence-corrected chi connectivity index (χ1v) is 6.31. The van der Waals surface area contributed by atoms with Gasteiger partial charge >= 0.3 is 0 Å². The lowest BCUT2D eigenvalue weighted by Crippen LogP contribution is -2.15. The van der Waals surface area contributed by atoms with Gasteiger partial charge in [0, 0.05) is 11.8 Å². The summed E-state index contributed by atoms with van der Waals surface area (Å²) in [5.74, 6) is -0.393. The second kappa shape index (κ2) is 5.62. The van der Waals surface area contributed by atoms with Crippen molar-refractivity contribution in [3.05, 3.63) is 63.2 Å². The van der Waals surface area contributed by atoms with Crippen LogP contribution >= 0.6 is 0 Å². The molecule has 0 radical (unpaired) electrons. The summed E-state index contributed by atoms with van der Waals surface area (Å²) >= 11 is 0. The molecular formula is C15H15N3O3. The molecule has 0 fully saturated rings. The normalized spacial score (nSPS) is 10.2. The van der Waals surface area contributed by atoms with Gasteiger partial charge in [-0.05, 0) is 37.6 Å². The number of nitrogens with zero attached hydrogens (tertiary/aromatic N) is 1. The van der Waals surface area contributed by atoms with E-state index in [4.69, 9.17) is 5.73 Å². The van der Waals surface area contributed by atoms with Gasteiger partial charge in [0.2, 0.25) is 0 Å². The molecule has 0 atom stereocenters. The number of aryl methyl sites for hydroxylation is 1. The number of amides is 1. The average molecular weight is 285 g/mol. The van der Waals surface area contributed by atoms with Gasteiger partial charge in [0.05, 0.1) is 21.7 Å². The molecule has 1 amide bonds. The average Bonchev–Trinajstić information content (AvgIpc) is 2.40. The Morgan fingerprint density at radius 2 is 1.95 bits per heavy atom. The number of carbonyl (C=O) groups excluding carboxylic acids is 1. The molecule has 0 saturated heterocycles. The molecule has 0 saturated carbocycles. The Labute approximate surface area is 121 Å². The first-order valence-electron chi connectivity index (χ1n) is 6.31. The van der Waals surface area contributed by atoms with Gasteiger partial charge < -0.3 is 11.1 Å². The second-order valence-electron chi connectivity index (χ2n) is 4.75. The number of hydrogen-bond donors (Lipinski definition) is 2. The molecule has 21 heavy (non-hydrogen) atoms. The van der Waals surface area contributed by atoms with Crippen molar-refractivity contribution in [2.24, 2.45) is 0 Å². The van der Waals surface area contributed by atoms with Gasteiger partial charge in [-0.2, -0.15) is 0 Å². The minimum Gasteiger partial charge on any atom is -0.398 e. The topological polar surface area (TPSA) is 98.3 Å². The zero-order valence-corrected chi connectivity index (χ0v) is 11.7. The van der Waals surface area contributed by atoms with E-state index in [1.807, 2.05) is 6.92 Å². The van der Waals surface area contributed by atoms with Gasteiger partial charge in [0.15, 0.2) is 0 Å². The van der Waals surface area contributed by atoms with Crippen LogP contribution in [0, 0.1) is 24.0 Å². The standard InChI is InChI=1S/C15H15N3O3/c1-9-6-7-11(12(16)8-9)15(19)17-13-4-3-5-14(10(13)2)18(20)21/h3-8H,16H2,1-2H3,(H,17,19). The van der Waals surface area contributed by atoms with Crippen molar-refractivity contribution in [1.82, 2.24) is 0 Å². The third kappa shape index (κ3) is 3.00. The molecule has 0 heterocycles. The maximum absolute atomic E-state index is 12.2. The Morgan fingerprint density at radius 3 is 2.57 bits per heavy atom. The van der Waals surface area contributed by atoms with Crippen LogP contribution in [0.1, 0.15) is 21.5 Å². The van der Waals surface area contributed by atoms with Crippen LogP contribution < -0.4 is 11.1 Å². The molecule has 2 rings (SSSR count). The second-order valence-corrected chi connectivity index (χ2v) is 4.75. The van der Waals surface area contributed by atoms with Crippen molar-refractivity contribution in [3.8, 4) is 0 Å². The molecule has 0 aliphatic carbocycles. The van der Waals surface area contributed by atoms with Gasteiger partial charge in [-0.3, -0.25) is 14.9 Å². The van der Waals surface area contributed by atoms with Gasteiger partial charge in [0.1, 0.15) is 0 Å². The fourth-order valence-electron chi connectivity index (χ4n) is 2.04. The zero-order chi connectivity index (χ0) is 15.6. The largest absolute Gasteiger partial charge is 0.398 e. The van der Waals surface area contributed by atoms with Gasteiger partial charge in [0.25, 0.3) is 11.6 Å². The molecule has 0 aromatic heterocycles. The van der Waals surface area contributed by atoms with Crippen LogP contribution in [0.3, 0.4) is 0 Å². The van der Waals surface area contributed by atoms with Crippen LogP contribution in [0.5, 0.6) is 0 Å². The van der Waals surface area contributed by atoms with E-state index < -0.39 is 10.8 Å². The van der Waals surface area contributed by atoms with Crippen molar-refractivity contribution in [2.75, 3.05) is 11.1 Å². The highest BCUT2D eigenvalue weighted by molar-refractivity contribution is 6.08. The minimum absolute atomic E-state index is 0.0373. The van der Waals surface area contributed by atoms with Crippen molar-refractivity contribution >= 4 is 23.0 Å². The van der Waals surface area contributed by atoms with Gasteiger partial charge in [-0.1, -0.05) is 12.1 Å². The Morgan fingerprint density at radius 1 is 1.24 bits per heavy atom. The number of nitrogen functional groups attached to an aromatic ring is 1. The Bertz CT molecular complexity index is 726. The number of hydrogen-bond acceptors (Lipinski definition) is 4. The highest BCUT2D eigenvalue weighted by atomic mass is 16.6. The van der Waals surface area contributed by atoms with E-state index in [-0.39, 0.29) is 5.69 Å². The summed E-state index contributed by atoms with van der Waals surface area (Å²) in [6.45, 7) is 3.47. The monoisotopic (exact) mass is 285 g/mol. The van der Waals surface area contributed by atoms with E-state index in [2.05, 4.69) is 5.32 Å². The number of nitrogens with one attached hydrogen (secondary N) is 1. The van der Waals surface area contributed by atoms with Crippen molar-refractivity contribution in [1.29, 1.82) is 0 Å². The third-order valence-corrected chi connectivity index (χ3v) is 3.20. The van der Waals surface area contributed by atoms with E-state index in [0.717, 1.165) is 5.56 Å². The number of rotatable bonds is 3. The van der Waals surface area contributed by atoms with E-state index in [1.54, 1.807) is 31.2 Å². The predicted octanol–water partition coefficient (Wildman–Crippen LogP) is 3.05. The van der Waals surface area contributed by atoms with Gasteiger partial charge in [-0.25, -0.2) is 0 Å². The number of nitrogens with two attached hydrogens (primary N) is 1. The minimum atomic E-state index is -0.481. The predicted molar refractivity (Wildman–Crippen MR) is 81.4 cm³/mol. The summed E-state index contributed by atoms with van der Waals surface area (Å²) < 4.78 is 0. The molecule has 0 bridgehead atoms. The highest BCUT2D eigenvalue weighted by Crippen LogP contribution is 2.26. The summed E-state index contributed by atoms with van der Waals surface area (Å²) in [7, 11) is 0. The Hall–Kier alpha value is -2.89. The van der Waals surface area contributed by atoms with E-state index in [9.17, 15) is 14.9 Å². The van der Waals surface area contributed by atoms with Crippen LogP contribution in [0.4, 0.5) is 17.1 Å². The number of benzene rings is 2. The molecular weight excluding hydrogens is 270 g/mol. The third-order valence-electron chi connectivity index (χ3n) is 3.20.